The van der Waals surface area contributed by atoms with Crippen molar-refractivity contribution in [2.24, 2.45) is 5.73 Å². The molecule has 90 valence electrons. The van der Waals surface area contributed by atoms with E-state index in [2.05, 4.69) is 50.2 Å². The van der Waals surface area contributed by atoms with Gasteiger partial charge >= 0.3 is 0 Å². The molecule has 0 bridgehead atoms. The molecule has 0 fully saturated rings. The maximum absolute atomic E-state index is 6.57. The van der Waals surface area contributed by atoms with Gasteiger partial charge in [0.15, 0.2) is 0 Å². The lowest BCUT2D eigenvalue weighted by atomic mass is 9.88. The van der Waals surface area contributed by atoms with Crippen molar-refractivity contribution in [1.29, 1.82) is 0 Å². The third-order valence-electron chi connectivity index (χ3n) is 3.22. The number of nitrogens with two attached hydrogens (primary N) is 1. The molecule has 0 saturated carbocycles. The highest BCUT2D eigenvalue weighted by Crippen LogP contribution is 2.31. The minimum absolute atomic E-state index is 0.222. The largest absolute Gasteiger partial charge is 0.320 e. The Morgan fingerprint density at radius 2 is 1.82 bits per heavy atom. The summed E-state index contributed by atoms with van der Waals surface area (Å²) in [5.41, 5.74) is 7.66. The summed E-state index contributed by atoms with van der Waals surface area (Å²) in [6.45, 7) is 4.30. The van der Waals surface area contributed by atoms with Gasteiger partial charge in [-0.15, -0.1) is 11.3 Å². The molecule has 0 aliphatic rings. The summed E-state index contributed by atoms with van der Waals surface area (Å²) < 4.78 is 0. The summed E-state index contributed by atoms with van der Waals surface area (Å²) in [7, 11) is 0. The molecule has 0 amide bonds. The molecule has 1 atom stereocenters. The van der Waals surface area contributed by atoms with E-state index in [4.69, 9.17) is 5.73 Å². The molecule has 1 nitrogen and oxygen atoms in total. The number of hydrogen-bond donors (Lipinski definition) is 1. The second-order valence-electron chi connectivity index (χ2n) is 4.58. The Labute approximate surface area is 107 Å². The van der Waals surface area contributed by atoms with Crippen LogP contribution >= 0.6 is 11.3 Å². The van der Waals surface area contributed by atoms with E-state index in [0.29, 0.717) is 0 Å². The molecule has 2 N–H and O–H groups in total. The SMILES string of the molecule is CCC(N)(Cc1ccccc1)c1ccc(C)s1. The van der Waals surface area contributed by atoms with Gasteiger partial charge in [-0.1, -0.05) is 37.3 Å². The van der Waals surface area contributed by atoms with E-state index in [1.54, 1.807) is 0 Å². The maximum Gasteiger partial charge on any atom is 0.0541 e. The van der Waals surface area contributed by atoms with Gasteiger partial charge in [-0.05, 0) is 37.5 Å². The molecule has 0 spiro atoms. The van der Waals surface area contributed by atoms with Gasteiger partial charge in [-0.25, -0.2) is 0 Å². The second-order valence-corrected chi connectivity index (χ2v) is 5.87. The van der Waals surface area contributed by atoms with Gasteiger partial charge in [-0.2, -0.15) is 0 Å². The van der Waals surface area contributed by atoms with E-state index in [9.17, 15) is 0 Å². The Hall–Kier alpha value is -1.12. The molecule has 2 rings (SSSR count). The number of thiophene rings is 1. The zero-order valence-electron chi connectivity index (χ0n) is 10.4. The summed E-state index contributed by atoms with van der Waals surface area (Å²) in [4.78, 5) is 2.62. The van der Waals surface area contributed by atoms with Gasteiger partial charge in [0.1, 0.15) is 0 Å². The molecule has 0 aliphatic carbocycles. The molecule has 2 aromatic rings. The fourth-order valence-electron chi connectivity index (χ4n) is 2.05. The van der Waals surface area contributed by atoms with Crippen molar-refractivity contribution in [3.63, 3.8) is 0 Å². The lowest BCUT2D eigenvalue weighted by Gasteiger charge is -2.27. The van der Waals surface area contributed by atoms with Gasteiger partial charge in [-0.3, -0.25) is 0 Å². The Morgan fingerprint density at radius 3 is 2.35 bits per heavy atom. The summed E-state index contributed by atoms with van der Waals surface area (Å²) in [6.07, 6.45) is 1.87. The number of aryl methyl sites for hydroxylation is 1. The smallest absolute Gasteiger partial charge is 0.0541 e. The van der Waals surface area contributed by atoms with Crippen molar-refractivity contribution in [3.05, 3.63) is 57.8 Å². The van der Waals surface area contributed by atoms with E-state index in [1.807, 2.05) is 17.4 Å². The summed E-state index contributed by atoms with van der Waals surface area (Å²) >= 11 is 1.81. The zero-order valence-corrected chi connectivity index (χ0v) is 11.3. The number of rotatable bonds is 4. The van der Waals surface area contributed by atoms with Gasteiger partial charge in [0.25, 0.3) is 0 Å². The van der Waals surface area contributed by atoms with Crippen LogP contribution < -0.4 is 5.73 Å². The molecular formula is C15H19NS. The normalized spacial score (nSPS) is 14.5. The molecule has 1 aromatic heterocycles. The average molecular weight is 245 g/mol. The summed E-state index contributed by atoms with van der Waals surface area (Å²) in [5.74, 6) is 0. The molecule has 0 aliphatic heterocycles. The first-order valence-corrected chi connectivity index (χ1v) is 6.85. The molecule has 0 saturated heterocycles. The number of hydrogen-bond acceptors (Lipinski definition) is 2. The van der Waals surface area contributed by atoms with Crippen LogP contribution in [0.1, 0.15) is 28.7 Å². The summed E-state index contributed by atoms with van der Waals surface area (Å²) in [5, 5.41) is 0. The number of benzene rings is 1. The van der Waals surface area contributed by atoms with Crippen molar-refractivity contribution in [3.8, 4) is 0 Å². The molecule has 17 heavy (non-hydrogen) atoms. The van der Waals surface area contributed by atoms with E-state index in [-0.39, 0.29) is 5.54 Å². The summed E-state index contributed by atoms with van der Waals surface area (Å²) in [6, 6.07) is 14.8. The van der Waals surface area contributed by atoms with Crippen LogP contribution in [-0.4, -0.2) is 0 Å². The van der Waals surface area contributed by atoms with Crippen molar-refractivity contribution in [2.45, 2.75) is 32.2 Å². The molecule has 2 heteroatoms. The minimum Gasteiger partial charge on any atom is -0.320 e. The average Bonchev–Trinajstić information content (AvgIpc) is 2.78. The predicted molar refractivity (Wildman–Crippen MR) is 75.4 cm³/mol. The Bertz CT molecular complexity index is 475. The zero-order chi connectivity index (χ0) is 12.3. The Morgan fingerprint density at radius 1 is 1.12 bits per heavy atom. The standard InChI is InChI=1S/C15H19NS/c1-3-15(16,14-10-9-12(2)17-14)11-13-7-5-4-6-8-13/h4-10H,3,11,16H2,1-2H3. The van der Waals surface area contributed by atoms with Crippen LogP contribution in [-0.2, 0) is 12.0 Å². The van der Waals surface area contributed by atoms with Crippen molar-refractivity contribution in [2.75, 3.05) is 0 Å². The van der Waals surface area contributed by atoms with Gasteiger partial charge in [0.05, 0.1) is 5.54 Å². The monoisotopic (exact) mass is 245 g/mol. The maximum atomic E-state index is 6.57. The fraction of sp³-hybridized carbons (Fsp3) is 0.333. The first-order valence-electron chi connectivity index (χ1n) is 6.04. The highest BCUT2D eigenvalue weighted by molar-refractivity contribution is 7.12. The van der Waals surface area contributed by atoms with Crippen LogP contribution in [0.2, 0.25) is 0 Å². The van der Waals surface area contributed by atoms with Crippen LogP contribution in [0.5, 0.6) is 0 Å². The topological polar surface area (TPSA) is 26.0 Å². The Balaban J connectivity index is 2.26. The highest BCUT2D eigenvalue weighted by Gasteiger charge is 2.26. The van der Waals surface area contributed by atoms with Gasteiger partial charge in [0.2, 0.25) is 0 Å². The van der Waals surface area contributed by atoms with Crippen LogP contribution in [0.25, 0.3) is 0 Å². The van der Waals surface area contributed by atoms with E-state index in [1.165, 1.54) is 15.3 Å². The first-order chi connectivity index (χ1) is 8.14. The van der Waals surface area contributed by atoms with Crippen molar-refractivity contribution >= 4 is 11.3 Å². The predicted octanol–water partition coefficient (Wildman–Crippen LogP) is 3.86. The van der Waals surface area contributed by atoms with Gasteiger partial charge in [0, 0.05) is 9.75 Å². The minimum atomic E-state index is -0.222. The van der Waals surface area contributed by atoms with E-state index < -0.39 is 0 Å². The van der Waals surface area contributed by atoms with Crippen LogP contribution in [0.3, 0.4) is 0 Å². The fourth-order valence-corrected chi connectivity index (χ4v) is 3.09. The Kier molecular flexibility index (Phi) is 3.65. The highest BCUT2D eigenvalue weighted by atomic mass is 32.1. The van der Waals surface area contributed by atoms with Crippen LogP contribution in [0, 0.1) is 6.92 Å². The molecule has 1 aromatic carbocycles. The third-order valence-corrected chi connectivity index (χ3v) is 4.44. The quantitative estimate of drug-likeness (QED) is 0.869. The molecule has 1 unspecified atom stereocenters. The van der Waals surface area contributed by atoms with E-state index >= 15 is 0 Å². The molecule has 0 radical (unpaired) electrons. The second kappa shape index (κ2) is 5.03. The van der Waals surface area contributed by atoms with Crippen molar-refractivity contribution in [1.82, 2.24) is 0 Å². The van der Waals surface area contributed by atoms with Gasteiger partial charge < -0.3 is 5.73 Å². The lowest BCUT2D eigenvalue weighted by Crippen LogP contribution is -2.37. The third kappa shape index (κ3) is 2.76. The molecular weight excluding hydrogens is 226 g/mol. The lowest BCUT2D eigenvalue weighted by molar-refractivity contribution is 0.434. The van der Waals surface area contributed by atoms with Crippen molar-refractivity contribution < 1.29 is 0 Å². The van der Waals surface area contributed by atoms with Crippen LogP contribution in [0.15, 0.2) is 42.5 Å². The van der Waals surface area contributed by atoms with E-state index in [0.717, 1.165) is 12.8 Å². The first kappa shape index (κ1) is 12.3. The molecule has 1 heterocycles. The van der Waals surface area contributed by atoms with Crippen LogP contribution in [0.4, 0.5) is 0 Å².